The minimum absolute atomic E-state index is 0.245. The van der Waals surface area contributed by atoms with Crippen molar-refractivity contribution in [1.29, 1.82) is 0 Å². The maximum absolute atomic E-state index is 12.5. The van der Waals surface area contributed by atoms with E-state index >= 15 is 0 Å². The summed E-state index contributed by atoms with van der Waals surface area (Å²) < 4.78 is 25.0. The third-order valence-electron chi connectivity index (χ3n) is 5.65. The van der Waals surface area contributed by atoms with Gasteiger partial charge in [0.1, 0.15) is 0 Å². The Kier molecular flexibility index (Phi) is 3.24. The van der Waals surface area contributed by atoms with Gasteiger partial charge in [0, 0.05) is 13.1 Å². The molecule has 5 nitrogen and oxygen atoms in total. The number of anilines is 1. The third-order valence-corrected chi connectivity index (χ3v) is 7.91. The molecular weight excluding hydrogens is 312 g/mol. The number of nitrogens with two attached hydrogens (primary N) is 1. The average Bonchev–Trinajstić information content (AvgIpc) is 3.42. The highest BCUT2D eigenvalue weighted by Crippen LogP contribution is 2.54. The van der Waals surface area contributed by atoms with Crippen LogP contribution in [0.15, 0.2) is 23.1 Å². The first-order valence-corrected chi connectivity index (χ1v) is 9.89. The van der Waals surface area contributed by atoms with Gasteiger partial charge in [-0.1, -0.05) is 0 Å². The van der Waals surface area contributed by atoms with Crippen molar-refractivity contribution in [1.82, 2.24) is 0 Å². The number of nitrogens with zero attached hydrogens (tertiary/aromatic N) is 1. The Hall–Kier alpha value is -1.56. The molecule has 1 aromatic carbocycles. The molecule has 6 heteroatoms. The molecule has 124 valence electrons. The van der Waals surface area contributed by atoms with E-state index in [4.69, 9.17) is 5.73 Å². The molecule has 1 heterocycles. The molecule has 2 N–H and O–H groups in total. The van der Waals surface area contributed by atoms with Crippen LogP contribution in [0.25, 0.3) is 0 Å². The fourth-order valence-corrected chi connectivity index (χ4v) is 5.30. The second-order valence-corrected chi connectivity index (χ2v) is 9.50. The predicted molar refractivity (Wildman–Crippen MR) is 88.3 cm³/mol. The van der Waals surface area contributed by atoms with Crippen LogP contribution < -0.4 is 10.6 Å². The summed E-state index contributed by atoms with van der Waals surface area (Å²) in [5.74, 6) is -0.498. The smallest absolute Gasteiger partial charge is 0.250 e. The molecule has 0 atom stereocenters. The topological polar surface area (TPSA) is 80.5 Å². The number of primary amides is 1. The summed E-state index contributed by atoms with van der Waals surface area (Å²) in [5, 5.41) is -0.245. The lowest BCUT2D eigenvalue weighted by atomic mass is 9.93. The number of benzene rings is 1. The second kappa shape index (κ2) is 4.97. The van der Waals surface area contributed by atoms with Gasteiger partial charge in [-0.05, 0) is 62.1 Å². The lowest BCUT2D eigenvalue weighted by Crippen LogP contribution is -2.36. The Bertz CT molecular complexity index is 754. The molecule has 3 aliphatic rings. The Morgan fingerprint density at radius 3 is 2.30 bits per heavy atom. The molecule has 1 aromatic rings. The van der Waals surface area contributed by atoms with Crippen molar-refractivity contribution in [3.63, 3.8) is 0 Å². The van der Waals surface area contributed by atoms with Gasteiger partial charge < -0.3 is 10.6 Å². The monoisotopic (exact) mass is 334 g/mol. The third kappa shape index (κ3) is 2.63. The maximum atomic E-state index is 12.5. The lowest BCUT2D eigenvalue weighted by Gasteiger charge is -2.34. The van der Waals surface area contributed by atoms with Crippen LogP contribution in [-0.2, 0) is 9.84 Å². The van der Waals surface area contributed by atoms with Gasteiger partial charge in [0.2, 0.25) is 0 Å². The molecule has 1 amide bonds. The fourth-order valence-electron chi connectivity index (χ4n) is 3.63. The van der Waals surface area contributed by atoms with Gasteiger partial charge in [0.05, 0.1) is 21.4 Å². The van der Waals surface area contributed by atoms with Crippen molar-refractivity contribution in [3.8, 4) is 0 Å². The van der Waals surface area contributed by atoms with Crippen molar-refractivity contribution >= 4 is 21.4 Å². The summed E-state index contributed by atoms with van der Waals surface area (Å²) in [5.41, 5.74) is 7.14. The molecule has 1 aliphatic heterocycles. The minimum atomic E-state index is -3.26. The molecular formula is C17H22N2O3S. The second-order valence-electron chi connectivity index (χ2n) is 7.27. The summed E-state index contributed by atoms with van der Waals surface area (Å²) in [6, 6.07) is 4.77. The van der Waals surface area contributed by atoms with Crippen molar-refractivity contribution in [2.75, 3.05) is 18.0 Å². The van der Waals surface area contributed by atoms with Gasteiger partial charge >= 0.3 is 0 Å². The summed E-state index contributed by atoms with van der Waals surface area (Å²) in [4.78, 5) is 14.2. The van der Waals surface area contributed by atoms with E-state index in [0.717, 1.165) is 38.8 Å². The van der Waals surface area contributed by atoms with E-state index in [1.807, 2.05) is 0 Å². The molecule has 1 saturated heterocycles. The number of amides is 1. The Labute approximate surface area is 136 Å². The van der Waals surface area contributed by atoms with Crippen LogP contribution in [0.4, 0.5) is 5.69 Å². The zero-order valence-electron chi connectivity index (χ0n) is 13.1. The van der Waals surface area contributed by atoms with E-state index in [9.17, 15) is 13.2 Å². The zero-order chi connectivity index (χ0) is 16.2. The highest BCUT2D eigenvalue weighted by molar-refractivity contribution is 7.92. The van der Waals surface area contributed by atoms with Crippen LogP contribution in [0, 0.1) is 5.41 Å². The normalized spacial score (nSPS) is 23.0. The SMILES string of the molecule is NC(=O)c1ccc(S(=O)(=O)C2CC2)cc1N1CCC2(CC1)CC2. The standard InChI is InChI=1S/C17H22N2O3S/c18-16(20)14-4-3-13(23(21,22)12-1-2-12)11-15(14)19-9-7-17(5-6-17)8-10-19/h3-4,11-12H,1-2,5-10H2,(H2,18,20). The number of sulfone groups is 1. The van der Waals surface area contributed by atoms with Crippen LogP contribution in [0.5, 0.6) is 0 Å². The average molecular weight is 334 g/mol. The highest BCUT2D eigenvalue weighted by atomic mass is 32.2. The Morgan fingerprint density at radius 2 is 1.78 bits per heavy atom. The number of carbonyl (C=O) groups is 1. The van der Waals surface area contributed by atoms with Crippen LogP contribution in [0.3, 0.4) is 0 Å². The molecule has 0 bridgehead atoms. The van der Waals surface area contributed by atoms with E-state index in [0.29, 0.717) is 21.6 Å². The van der Waals surface area contributed by atoms with Gasteiger partial charge in [-0.3, -0.25) is 4.79 Å². The molecule has 2 saturated carbocycles. The number of hydrogen-bond donors (Lipinski definition) is 1. The van der Waals surface area contributed by atoms with Crippen molar-refractivity contribution in [2.24, 2.45) is 11.1 Å². The van der Waals surface area contributed by atoms with Crippen LogP contribution in [-0.4, -0.2) is 32.7 Å². The summed E-state index contributed by atoms with van der Waals surface area (Å²) in [6.45, 7) is 1.74. The summed E-state index contributed by atoms with van der Waals surface area (Å²) >= 11 is 0. The van der Waals surface area contributed by atoms with E-state index in [1.54, 1.807) is 12.1 Å². The van der Waals surface area contributed by atoms with Crippen LogP contribution >= 0.6 is 0 Å². The molecule has 4 rings (SSSR count). The van der Waals surface area contributed by atoms with Gasteiger partial charge in [0.15, 0.2) is 9.84 Å². The highest BCUT2D eigenvalue weighted by Gasteiger charge is 2.45. The molecule has 1 spiro atoms. The first-order chi connectivity index (χ1) is 10.9. The Morgan fingerprint density at radius 1 is 1.13 bits per heavy atom. The summed E-state index contributed by atoms with van der Waals surface area (Å²) in [6.07, 6.45) is 6.32. The first kappa shape index (κ1) is 15.0. The molecule has 0 unspecified atom stereocenters. The zero-order valence-corrected chi connectivity index (χ0v) is 13.9. The van der Waals surface area contributed by atoms with Crippen molar-refractivity contribution in [3.05, 3.63) is 23.8 Å². The van der Waals surface area contributed by atoms with Gasteiger partial charge in [0.25, 0.3) is 5.91 Å². The quantitative estimate of drug-likeness (QED) is 0.914. The predicted octanol–water partition coefficient (Wildman–Crippen LogP) is 2.10. The van der Waals surface area contributed by atoms with Gasteiger partial charge in [-0.2, -0.15) is 0 Å². The van der Waals surface area contributed by atoms with E-state index in [-0.39, 0.29) is 5.25 Å². The number of carbonyl (C=O) groups excluding carboxylic acids is 1. The summed E-state index contributed by atoms with van der Waals surface area (Å²) in [7, 11) is -3.26. The van der Waals surface area contributed by atoms with Gasteiger partial charge in [-0.25, -0.2) is 8.42 Å². The fraction of sp³-hybridized carbons (Fsp3) is 0.588. The number of rotatable bonds is 4. The molecule has 0 radical (unpaired) electrons. The molecule has 2 aliphatic carbocycles. The molecule has 23 heavy (non-hydrogen) atoms. The Balaban J connectivity index is 1.69. The van der Waals surface area contributed by atoms with Gasteiger partial charge in [-0.15, -0.1) is 0 Å². The van der Waals surface area contributed by atoms with Crippen molar-refractivity contribution < 1.29 is 13.2 Å². The van der Waals surface area contributed by atoms with Crippen molar-refractivity contribution in [2.45, 2.75) is 48.7 Å². The maximum Gasteiger partial charge on any atom is 0.250 e. The largest absolute Gasteiger partial charge is 0.371 e. The first-order valence-electron chi connectivity index (χ1n) is 8.34. The number of hydrogen-bond acceptors (Lipinski definition) is 4. The number of piperidine rings is 1. The van der Waals surface area contributed by atoms with E-state index in [1.165, 1.54) is 18.9 Å². The minimum Gasteiger partial charge on any atom is -0.371 e. The van der Waals surface area contributed by atoms with E-state index in [2.05, 4.69) is 4.90 Å². The lowest BCUT2D eigenvalue weighted by molar-refractivity contribution is 0.100. The molecule has 0 aromatic heterocycles. The molecule has 3 fully saturated rings. The van der Waals surface area contributed by atoms with Crippen LogP contribution in [0.2, 0.25) is 0 Å². The van der Waals surface area contributed by atoms with E-state index < -0.39 is 15.7 Å². The van der Waals surface area contributed by atoms with Crippen LogP contribution in [0.1, 0.15) is 48.9 Å².